The fraction of sp³-hybridized carbons (Fsp3) is 0.381. The van der Waals surface area contributed by atoms with Gasteiger partial charge in [-0.3, -0.25) is 4.79 Å². The number of halogens is 1. The molecule has 2 unspecified atom stereocenters. The summed E-state index contributed by atoms with van der Waals surface area (Å²) >= 11 is 0. The van der Waals surface area contributed by atoms with Crippen LogP contribution in [0.25, 0.3) is 0 Å². The molecule has 0 spiro atoms. The lowest BCUT2D eigenvalue weighted by molar-refractivity contribution is 0.0672. The smallest absolute Gasteiger partial charge is 0.254 e. The van der Waals surface area contributed by atoms with Crippen molar-refractivity contribution >= 4 is 5.91 Å². The first-order valence-corrected chi connectivity index (χ1v) is 8.88. The first-order chi connectivity index (χ1) is 12.1. The van der Waals surface area contributed by atoms with Gasteiger partial charge in [-0.25, -0.2) is 4.39 Å². The van der Waals surface area contributed by atoms with Crippen LogP contribution in [0.15, 0.2) is 54.6 Å². The van der Waals surface area contributed by atoms with E-state index in [1.54, 1.807) is 12.1 Å². The van der Waals surface area contributed by atoms with Crippen molar-refractivity contribution in [3.63, 3.8) is 0 Å². The fourth-order valence-corrected chi connectivity index (χ4v) is 3.55. The fourth-order valence-electron chi connectivity index (χ4n) is 3.55. The number of amides is 1. The first kappa shape index (κ1) is 17.6. The molecule has 1 amide bonds. The van der Waals surface area contributed by atoms with E-state index in [2.05, 4.69) is 29.6 Å². The summed E-state index contributed by atoms with van der Waals surface area (Å²) in [6.07, 6.45) is 0. The molecule has 132 valence electrons. The molecule has 1 N–H and O–H groups in total. The minimum atomic E-state index is -0.322. The lowest BCUT2D eigenvalue weighted by atomic mass is 9.88. The number of hydrogen-bond acceptors (Lipinski definition) is 2. The van der Waals surface area contributed by atoms with E-state index < -0.39 is 0 Å². The normalized spacial score (nSPS) is 20.0. The van der Waals surface area contributed by atoms with Gasteiger partial charge < -0.3 is 10.2 Å². The summed E-state index contributed by atoms with van der Waals surface area (Å²) < 4.78 is 13.1. The zero-order valence-corrected chi connectivity index (χ0v) is 14.8. The number of carbonyl (C=O) groups is 1. The molecule has 3 nitrogen and oxygen atoms in total. The van der Waals surface area contributed by atoms with Gasteiger partial charge >= 0.3 is 0 Å². The number of rotatable bonds is 5. The monoisotopic (exact) mass is 340 g/mol. The van der Waals surface area contributed by atoms with E-state index in [0.717, 1.165) is 13.1 Å². The highest BCUT2D eigenvalue weighted by atomic mass is 19.1. The lowest BCUT2D eigenvalue weighted by Crippen LogP contribution is -2.41. The predicted molar refractivity (Wildman–Crippen MR) is 98.1 cm³/mol. The zero-order valence-electron chi connectivity index (χ0n) is 14.8. The van der Waals surface area contributed by atoms with Gasteiger partial charge in [0.1, 0.15) is 5.82 Å². The summed E-state index contributed by atoms with van der Waals surface area (Å²) in [6, 6.07) is 16.4. The van der Waals surface area contributed by atoms with E-state index in [-0.39, 0.29) is 17.8 Å². The Kier molecular flexibility index (Phi) is 5.49. The van der Waals surface area contributed by atoms with Crippen molar-refractivity contribution in [2.45, 2.75) is 25.8 Å². The maximum absolute atomic E-state index is 13.1. The Morgan fingerprint density at radius 2 is 1.80 bits per heavy atom. The van der Waals surface area contributed by atoms with E-state index in [0.29, 0.717) is 23.9 Å². The summed E-state index contributed by atoms with van der Waals surface area (Å²) in [5, 5.41) is 3.46. The van der Waals surface area contributed by atoms with E-state index in [1.807, 2.05) is 24.8 Å². The van der Waals surface area contributed by atoms with Crippen LogP contribution in [-0.2, 0) is 0 Å². The van der Waals surface area contributed by atoms with Gasteiger partial charge in [0, 0.05) is 37.2 Å². The molecule has 25 heavy (non-hydrogen) atoms. The van der Waals surface area contributed by atoms with Crippen LogP contribution in [0.3, 0.4) is 0 Å². The Labute approximate surface area is 148 Å². The van der Waals surface area contributed by atoms with Gasteiger partial charge in [-0.15, -0.1) is 0 Å². The summed E-state index contributed by atoms with van der Waals surface area (Å²) in [5.74, 6) is 0.420. The van der Waals surface area contributed by atoms with Crippen LogP contribution >= 0.6 is 0 Å². The van der Waals surface area contributed by atoms with Crippen molar-refractivity contribution in [2.75, 3.05) is 19.6 Å². The van der Waals surface area contributed by atoms with Crippen LogP contribution in [0.5, 0.6) is 0 Å². The highest BCUT2D eigenvalue weighted by molar-refractivity contribution is 5.94. The lowest BCUT2D eigenvalue weighted by Gasteiger charge is -2.31. The third-order valence-electron chi connectivity index (χ3n) is 4.97. The van der Waals surface area contributed by atoms with E-state index >= 15 is 0 Å². The van der Waals surface area contributed by atoms with Crippen molar-refractivity contribution in [2.24, 2.45) is 5.92 Å². The average Bonchev–Trinajstić information content (AvgIpc) is 3.08. The van der Waals surface area contributed by atoms with E-state index in [4.69, 9.17) is 0 Å². The molecule has 1 aliphatic rings. The van der Waals surface area contributed by atoms with Crippen LogP contribution in [0.1, 0.15) is 35.7 Å². The van der Waals surface area contributed by atoms with Gasteiger partial charge in [0.2, 0.25) is 0 Å². The molecule has 1 heterocycles. The van der Waals surface area contributed by atoms with Crippen molar-refractivity contribution < 1.29 is 9.18 Å². The molecule has 0 bridgehead atoms. The Hall–Kier alpha value is -2.20. The molecule has 3 rings (SSSR count). The molecule has 2 atom stereocenters. The molecular formula is C21H25FN2O. The van der Waals surface area contributed by atoms with Gasteiger partial charge in [0.25, 0.3) is 5.91 Å². The SMILES string of the molecule is CC(C)N(CC1CNCC1c1ccccc1)C(=O)c1ccc(F)cc1. The highest BCUT2D eigenvalue weighted by Crippen LogP contribution is 2.29. The minimum absolute atomic E-state index is 0.0336. The van der Waals surface area contributed by atoms with Crippen molar-refractivity contribution in [1.82, 2.24) is 10.2 Å². The molecule has 1 aliphatic heterocycles. The number of nitrogens with one attached hydrogen (secondary N) is 1. The molecule has 4 heteroatoms. The second-order valence-electron chi connectivity index (χ2n) is 6.99. The summed E-state index contributed by atoms with van der Waals surface area (Å²) in [6.45, 7) is 6.59. The number of carbonyl (C=O) groups excluding carboxylic acids is 1. The van der Waals surface area contributed by atoms with Crippen LogP contribution in [0, 0.1) is 11.7 Å². The summed E-state index contributed by atoms with van der Waals surface area (Å²) in [4.78, 5) is 14.8. The van der Waals surface area contributed by atoms with Crippen molar-refractivity contribution in [3.05, 3.63) is 71.5 Å². The third-order valence-corrected chi connectivity index (χ3v) is 4.97. The summed E-state index contributed by atoms with van der Waals surface area (Å²) in [5.41, 5.74) is 1.85. The van der Waals surface area contributed by atoms with Crippen molar-refractivity contribution in [1.29, 1.82) is 0 Å². The van der Waals surface area contributed by atoms with Gasteiger partial charge in [-0.05, 0) is 49.6 Å². The Morgan fingerprint density at radius 1 is 1.12 bits per heavy atom. The second kappa shape index (κ2) is 7.79. The Bertz CT molecular complexity index is 700. The zero-order chi connectivity index (χ0) is 17.8. The summed E-state index contributed by atoms with van der Waals surface area (Å²) in [7, 11) is 0. The second-order valence-corrected chi connectivity index (χ2v) is 6.99. The van der Waals surface area contributed by atoms with Crippen LogP contribution in [-0.4, -0.2) is 36.5 Å². The topological polar surface area (TPSA) is 32.3 Å². The standard InChI is InChI=1S/C21H25FN2O/c1-15(2)24(21(25)17-8-10-19(22)11-9-17)14-18-12-23-13-20(18)16-6-4-3-5-7-16/h3-11,15,18,20,23H,12-14H2,1-2H3. The molecule has 0 aliphatic carbocycles. The van der Waals surface area contributed by atoms with Crippen molar-refractivity contribution in [3.8, 4) is 0 Å². The van der Waals surface area contributed by atoms with Gasteiger partial charge in [0.05, 0.1) is 0 Å². The average molecular weight is 340 g/mol. The van der Waals surface area contributed by atoms with Crippen LogP contribution in [0.4, 0.5) is 4.39 Å². The number of hydrogen-bond donors (Lipinski definition) is 1. The third kappa shape index (κ3) is 4.07. The number of nitrogens with zero attached hydrogens (tertiary/aromatic N) is 1. The molecule has 2 aromatic carbocycles. The molecule has 1 saturated heterocycles. The quantitative estimate of drug-likeness (QED) is 0.900. The van der Waals surface area contributed by atoms with Crippen LogP contribution < -0.4 is 5.32 Å². The largest absolute Gasteiger partial charge is 0.336 e. The van der Waals surface area contributed by atoms with E-state index in [9.17, 15) is 9.18 Å². The van der Waals surface area contributed by atoms with E-state index in [1.165, 1.54) is 17.7 Å². The Morgan fingerprint density at radius 3 is 2.44 bits per heavy atom. The minimum Gasteiger partial charge on any atom is -0.336 e. The molecular weight excluding hydrogens is 315 g/mol. The van der Waals surface area contributed by atoms with Gasteiger partial charge in [-0.1, -0.05) is 30.3 Å². The predicted octanol–water partition coefficient (Wildman–Crippen LogP) is 3.68. The van der Waals surface area contributed by atoms with Crippen LogP contribution in [0.2, 0.25) is 0 Å². The highest BCUT2D eigenvalue weighted by Gasteiger charge is 2.32. The molecule has 2 aromatic rings. The Balaban J connectivity index is 1.77. The molecule has 0 radical (unpaired) electrons. The molecule has 0 saturated carbocycles. The molecule has 1 fully saturated rings. The first-order valence-electron chi connectivity index (χ1n) is 8.88. The molecule has 0 aromatic heterocycles. The maximum atomic E-state index is 13.1. The number of benzene rings is 2. The van der Waals surface area contributed by atoms with Gasteiger partial charge in [-0.2, -0.15) is 0 Å². The maximum Gasteiger partial charge on any atom is 0.254 e. The van der Waals surface area contributed by atoms with Gasteiger partial charge in [0.15, 0.2) is 0 Å².